The lowest BCUT2D eigenvalue weighted by Gasteiger charge is -2.25. The second-order valence-electron chi connectivity index (χ2n) is 6.20. The summed E-state index contributed by atoms with van der Waals surface area (Å²) in [6.45, 7) is 8.76. The molecule has 0 saturated carbocycles. The third-order valence-electron chi connectivity index (χ3n) is 3.12. The zero-order valence-corrected chi connectivity index (χ0v) is 12.6. The summed E-state index contributed by atoms with van der Waals surface area (Å²) in [6, 6.07) is 3.79. The second kappa shape index (κ2) is 5.18. The Morgan fingerprint density at radius 2 is 1.50 bits per heavy atom. The van der Waals surface area contributed by atoms with E-state index in [9.17, 15) is 0 Å². The van der Waals surface area contributed by atoms with E-state index in [-0.39, 0.29) is 0 Å². The van der Waals surface area contributed by atoms with Crippen molar-refractivity contribution in [3.63, 3.8) is 0 Å². The van der Waals surface area contributed by atoms with Crippen molar-refractivity contribution in [1.29, 1.82) is 0 Å². The summed E-state index contributed by atoms with van der Waals surface area (Å²) in [5, 5.41) is 8.11. The molecule has 1 heterocycles. The van der Waals surface area contributed by atoms with Crippen molar-refractivity contribution < 1.29 is 0 Å². The molecule has 0 amide bonds. The molecule has 1 aromatic carbocycles. The summed E-state index contributed by atoms with van der Waals surface area (Å²) in [5.41, 5.74) is 2.43. The van der Waals surface area contributed by atoms with Gasteiger partial charge in [-0.3, -0.25) is 0 Å². The Morgan fingerprint density at radius 1 is 1.06 bits per heavy atom. The molecule has 2 rings (SSSR count). The van der Waals surface area contributed by atoms with Crippen LogP contribution in [0.1, 0.15) is 27.2 Å². The molecular formula is C14H20Cl2N2. The molecule has 0 aliphatic carbocycles. The van der Waals surface area contributed by atoms with Gasteiger partial charge >= 0.3 is 0 Å². The van der Waals surface area contributed by atoms with E-state index in [1.54, 1.807) is 0 Å². The molecule has 1 aromatic rings. The summed E-state index contributed by atoms with van der Waals surface area (Å²) in [6.07, 6.45) is 1.18. The average molecular weight is 287 g/mol. The summed E-state index contributed by atoms with van der Waals surface area (Å²) in [5.74, 6) is 0.606. The molecule has 2 N–H and O–H groups in total. The molecule has 1 aliphatic heterocycles. The predicted octanol–water partition coefficient (Wildman–Crippen LogP) is 4.88. The minimum atomic E-state index is 0.347. The number of halogens is 2. The Kier molecular flexibility index (Phi) is 3.98. The third-order valence-corrected chi connectivity index (χ3v) is 3.85. The van der Waals surface area contributed by atoms with E-state index < -0.39 is 0 Å². The first kappa shape index (κ1) is 13.8. The Balaban J connectivity index is 2.12. The van der Waals surface area contributed by atoms with Crippen LogP contribution >= 0.6 is 23.2 Å². The quantitative estimate of drug-likeness (QED) is 0.769. The van der Waals surface area contributed by atoms with Crippen LogP contribution in [0.4, 0.5) is 11.4 Å². The maximum Gasteiger partial charge on any atom is 0.0614 e. The molecular weight excluding hydrogens is 267 g/mol. The monoisotopic (exact) mass is 286 g/mol. The second-order valence-corrected chi connectivity index (χ2v) is 7.02. The highest BCUT2D eigenvalue weighted by molar-refractivity contribution is 6.42. The van der Waals surface area contributed by atoms with E-state index in [2.05, 4.69) is 31.4 Å². The molecule has 0 fully saturated rings. The summed E-state index contributed by atoms with van der Waals surface area (Å²) in [7, 11) is 0. The Morgan fingerprint density at radius 3 is 1.89 bits per heavy atom. The van der Waals surface area contributed by atoms with Crippen molar-refractivity contribution in [2.75, 3.05) is 23.7 Å². The van der Waals surface area contributed by atoms with E-state index in [1.807, 2.05) is 12.1 Å². The topological polar surface area (TPSA) is 24.1 Å². The van der Waals surface area contributed by atoms with Gasteiger partial charge in [-0.25, -0.2) is 0 Å². The van der Waals surface area contributed by atoms with Gasteiger partial charge in [0.25, 0.3) is 0 Å². The number of benzene rings is 1. The smallest absolute Gasteiger partial charge is 0.0614 e. The first-order valence-electron chi connectivity index (χ1n) is 6.32. The maximum absolute atomic E-state index is 6.04. The predicted molar refractivity (Wildman–Crippen MR) is 81.0 cm³/mol. The number of anilines is 2. The normalized spacial score (nSPS) is 16.5. The molecule has 2 nitrogen and oxygen atoms in total. The SMILES string of the molecule is CC(C)(C)CC1CNc2cc(Cl)c(Cl)cc2NC1. The van der Waals surface area contributed by atoms with Crippen molar-refractivity contribution in [3.8, 4) is 0 Å². The lowest BCUT2D eigenvalue weighted by Crippen LogP contribution is -2.24. The van der Waals surface area contributed by atoms with E-state index in [4.69, 9.17) is 23.2 Å². The lowest BCUT2D eigenvalue weighted by molar-refractivity contribution is 0.310. The molecule has 1 aliphatic rings. The van der Waals surface area contributed by atoms with E-state index >= 15 is 0 Å². The van der Waals surface area contributed by atoms with Crippen molar-refractivity contribution >= 4 is 34.6 Å². The molecule has 0 radical (unpaired) electrons. The number of nitrogens with one attached hydrogen (secondary N) is 2. The molecule has 0 saturated heterocycles. The van der Waals surface area contributed by atoms with Crippen LogP contribution in [-0.2, 0) is 0 Å². The van der Waals surface area contributed by atoms with Crippen LogP contribution in [-0.4, -0.2) is 13.1 Å². The highest BCUT2D eigenvalue weighted by atomic mass is 35.5. The zero-order chi connectivity index (χ0) is 13.3. The van der Waals surface area contributed by atoms with Crippen LogP contribution < -0.4 is 10.6 Å². The highest BCUT2D eigenvalue weighted by Gasteiger charge is 2.21. The molecule has 18 heavy (non-hydrogen) atoms. The molecule has 0 bridgehead atoms. The Hall–Kier alpha value is -0.600. The first-order valence-corrected chi connectivity index (χ1v) is 7.07. The van der Waals surface area contributed by atoms with Gasteiger partial charge in [-0.1, -0.05) is 44.0 Å². The van der Waals surface area contributed by atoms with Gasteiger partial charge in [0.2, 0.25) is 0 Å². The third kappa shape index (κ3) is 3.46. The van der Waals surface area contributed by atoms with Crippen LogP contribution in [0, 0.1) is 11.3 Å². The van der Waals surface area contributed by atoms with Gasteiger partial charge in [-0.2, -0.15) is 0 Å². The van der Waals surface area contributed by atoms with Gasteiger partial charge in [0, 0.05) is 13.1 Å². The van der Waals surface area contributed by atoms with Crippen molar-refractivity contribution in [3.05, 3.63) is 22.2 Å². The zero-order valence-electron chi connectivity index (χ0n) is 11.1. The molecule has 0 aromatic heterocycles. The van der Waals surface area contributed by atoms with Crippen LogP contribution in [0.15, 0.2) is 12.1 Å². The molecule has 0 unspecified atom stereocenters. The van der Waals surface area contributed by atoms with Gasteiger partial charge in [-0.15, -0.1) is 0 Å². The fourth-order valence-electron chi connectivity index (χ4n) is 2.43. The maximum atomic E-state index is 6.04. The fraction of sp³-hybridized carbons (Fsp3) is 0.571. The molecule has 4 heteroatoms. The Bertz CT molecular complexity index is 405. The highest BCUT2D eigenvalue weighted by Crippen LogP contribution is 2.35. The van der Waals surface area contributed by atoms with Crippen LogP contribution in [0.25, 0.3) is 0 Å². The molecule has 0 atom stereocenters. The van der Waals surface area contributed by atoms with E-state index in [0.29, 0.717) is 21.4 Å². The van der Waals surface area contributed by atoms with Crippen molar-refractivity contribution in [1.82, 2.24) is 0 Å². The average Bonchev–Trinajstić information content (AvgIpc) is 2.41. The number of fused-ring (bicyclic) bond motifs is 1. The standard InChI is InChI=1S/C14H20Cl2N2/c1-14(2,3)6-9-7-17-12-4-10(15)11(16)5-13(12)18-8-9/h4-5,9,17-18H,6-8H2,1-3H3. The minimum Gasteiger partial charge on any atom is -0.383 e. The first-order chi connectivity index (χ1) is 8.35. The van der Waals surface area contributed by atoms with Gasteiger partial charge < -0.3 is 10.6 Å². The van der Waals surface area contributed by atoms with Gasteiger partial charge in [-0.05, 0) is 29.9 Å². The van der Waals surface area contributed by atoms with E-state index in [1.165, 1.54) is 6.42 Å². The number of rotatable bonds is 1. The summed E-state index contributed by atoms with van der Waals surface area (Å²) in [4.78, 5) is 0. The van der Waals surface area contributed by atoms with Crippen molar-refractivity contribution in [2.24, 2.45) is 11.3 Å². The minimum absolute atomic E-state index is 0.347. The summed E-state index contributed by atoms with van der Waals surface area (Å²) < 4.78 is 0. The Labute approximate surface area is 119 Å². The molecule has 0 spiro atoms. The fourth-order valence-corrected chi connectivity index (χ4v) is 2.76. The van der Waals surface area contributed by atoms with Gasteiger partial charge in [0.15, 0.2) is 0 Å². The summed E-state index contributed by atoms with van der Waals surface area (Å²) >= 11 is 12.1. The largest absolute Gasteiger partial charge is 0.383 e. The number of hydrogen-bond donors (Lipinski definition) is 2. The van der Waals surface area contributed by atoms with Crippen LogP contribution in [0.3, 0.4) is 0 Å². The van der Waals surface area contributed by atoms with E-state index in [0.717, 1.165) is 24.5 Å². The van der Waals surface area contributed by atoms with Crippen LogP contribution in [0.5, 0.6) is 0 Å². The molecule has 100 valence electrons. The van der Waals surface area contributed by atoms with Crippen LogP contribution in [0.2, 0.25) is 10.0 Å². The van der Waals surface area contributed by atoms with Gasteiger partial charge in [0.05, 0.1) is 21.4 Å². The lowest BCUT2D eigenvalue weighted by atomic mass is 9.84. The number of hydrogen-bond acceptors (Lipinski definition) is 2. The van der Waals surface area contributed by atoms with Gasteiger partial charge in [0.1, 0.15) is 0 Å². The van der Waals surface area contributed by atoms with Crippen molar-refractivity contribution in [2.45, 2.75) is 27.2 Å².